The van der Waals surface area contributed by atoms with Crippen LogP contribution in [0.3, 0.4) is 0 Å². The highest BCUT2D eigenvalue weighted by atomic mass is 32.2. The maximum Gasteiger partial charge on any atom is 0.348 e. The molecule has 0 saturated carbocycles. The summed E-state index contributed by atoms with van der Waals surface area (Å²) in [5.74, 6) is -0.549. The van der Waals surface area contributed by atoms with Crippen LogP contribution in [0.2, 0.25) is 0 Å². The summed E-state index contributed by atoms with van der Waals surface area (Å²) in [7, 11) is -2.41. The first-order valence-electron chi connectivity index (χ1n) is 6.23. The van der Waals surface area contributed by atoms with Crippen LogP contribution < -0.4 is 10.5 Å². The first-order valence-corrected chi connectivity index (χ1v) is 8.59. The van der Waals surface area contributed by atoms with Gasteiger partial charge in [-0.15, -0.1) is 11.3 Å². The summed E-state index contributed by atoms with van der Waals surface area (Å²) in [5.41, 5.74) is 5.50. The van der Waals surface area contributed by atoms with E-state index in [4.69, 9.17) is 5.73 Å². The average Bonchev–Trinajstić information content (AvgIpc) is 2.94. The second-order valence-corrected chi connectivity index (χ2v) is 7.21. The van der Waals surface area contributed by atoms with Gasteiger partial charge in [-0.3, -0.25) is 0 Å². The number of methoxy groups -OCH3 is 1. The zero-order chi connectivity index (χ0) is 15.4. The van der Waals surface area contributed by atoms with Crippen LogP contribution in [0.15, 0.2) is 16.3 Å². The number of thiophene rings is 1. The first kappa shape index (κ1) is 17.1. The highest BCUT2D eigenvalue weighted by molar-refractivity contribution is 7.89. The molecular weight excluding hydrogens is 300 g/mol. The van der Waals surface area contributed by atoms with Crippen molar-refractivity contribution in [3.63, 3.8) is 0 Å². The molecule has 114 valence electrons. The van der Waals surface area contributed by atoms with Crippen molar-refractivity contribution < 1.29 is 17.9 Å². The molecule has 3 N–H and O–H groups in total. The third kappa shape index (κ3) is 4.02. The monoisotopic (exact) mass is 320 g/mol. The molecule has 0 aromatic carbocycles. The first-order chi connectivity index (χ1) is 9.28. The minimum Gasteiger partial charge on any atom is -0.465 e. The molecule has 1 rings (SSSR count). The Balaban J connectivity index is 2.84. The van der Waals surface area contributed by atoms with E-state index >= 15 is 0 Å². The van der Waals surface area contributed by atoms with Crippen molar-refractivity contribution in [3.05, 3.63) is 16.3 Å². The van der Waals surface area contributed by atoms with E-state index in [2.05, 4.69) is 9.46 Å². The molecule has 0 amide bonds. The molecule has 0 aliphatic rings. The zero-order valence-corrected chi connectivity index (χ0v) is 13.4. The maximum absolute atomic E-state index is 12.1. The summed E-state index contributed by atoms with van der Waals surface area (Å²) in [6.45, 7) is 3.99. The molecule has 1 aromatic rings. The normalized spacial score (nSPS) is 12.4. The lowest BCUT2D eigenvalue weighted by atomic mass is 9.95. The fourth-order valence-corrected chi connectivity index (χ4v) is 3.82. The SMILES string of the molecule is CCC(N)(CC)CNS(=O)(=O)c1csc(C(=O)OC)c1. The topological polar surface area (TPSA) is 98.5 Å². The quantitative estimate of drug-likeness (QED) is 0.739. The Hall–Kier alpha value is -0.960. The number of esters is 1. The number of nitrogens with one attached hydrogen (secondary N) is 1. The Kier molecular flexibility index (Phi) is 5.69. The summed E-state index contributed by atoms with van der Waals surface area (Å²) >= 11 is 1.03. The van der Waals surface area contributed by atoms with E-state index in [9.17, 15) is 13.2 Å². The minimum absolute atomic E-state index is 0.0532. The van der Waals surface area contributed by atoms with Gasteiger partial charge in [0.15, 0.2) is 0 Å². The number of ether oxygens (including phenoxy) is 1. The molecular formula is C12H20N2O4S2. The number of hydrogen-bond acceptors (Lipinski definition) is 6. The molecule has 20 heavy (non-hydrogen) atoms. The second kappa shape index (κ2) is 6.66. The minimum atomic E-state index is -3.66. The predicted molar refractivity (Wildman–Crippen MR) is 78.3 cm³/mol. The standard InChI is InChI=1S/C12H20N2O4S2/c1-4-12(13,5-2)8-14-20(16,17)9-6-10(19-7-9)11(15)18-3/h6-7,14H,4-5,8,13H2,1-3H3. The van der Waals surface area contributed by atoms with Crippen molar-refractivity contribution in [2.75, 3.05) is 13.7 Å². The van der Waals surface area contributed by atoms with Gasteiger partial charge in [0.2, 0.25) is 10.0 Å². The van der Waals surface area contributed by atoms with Gasteiger partial charge in [0, 0.05) is 17.5 Å². The molecule has 0 atom stereocenters. The van der Waals surface area contributed by atoms with Crippen LogP contribution in [-0.4, -0.2) is 33.6 Å². The van der Waals surface area contributed by atoms with Crippen LogP contribution in [0.4, 0.5) is 0 Å². The van der Waals surface area contributed by atoms with Gasteiger partial charge in [-0.25, -0.2) is 17.9 Å². The summed E-state index contributed by atoms with van der Waals surface area (Å²) < 4.78 is 31.3. The maximum atomic E-state index is 12.1. The van der Waals surface area contributed by atoms with Crippen molar-refractivity contribution >= 4 is 27.3 Å². The van der Waals surface area contributed by atoms with Gasteiger partial charge in [-0.05, 0) is 18.9 Å². The molecule has 0 radical (unpaired) electrons. The fraction of sp³-hybridized carbons (Fsp3) is 0.583. The van der Waals surface area contributed by atoms with E-state index < -0.39 is 21.5 Å². The number of carbonyl (C=O) groups excluding carboxylic acids is 1. The number of nitrogens with two attached hydrogens (primary N) is 1. The number of sulfonamides is 1. The van der Waals surface area contributed by atoms with E-state index in [-0.39, 0.29) is 16.3 Å². The lowest BCUT2D eigenvalue weighted by Crippen LogP contribution is -2.49. The highest BCUT2D eigenvalue weighted by Gasteiger charge is 2.25. The molecule has 0 aliphatic heterocycles. The summed E-state index contributed by atoms with van der Waals surface area (Å²) in [4.78, 5) is 11.6. The predicted octanol–water partition coefficient (Wildman–Crippen LogP) is 1.33. The van der Waals surface area contributed by atoms with Gasteiger partial charge in [0.05, 0.1) is 12.0 Å². The molecule has 0 bridgehead atoms. The smallest absolute Gasteiger partial charge is 0.348 e. The van der Waals surface area contributed by atoms with Gasteiger partial charge < -0.3 is 10.5 Å². The third-order valence-electron chi connectivity index (χ3n) is 3.29. The van der Waals surface area contributed by atoms with Crippen LogP contribution in [0.25, 0.3) is 0 Å². The second-order valence-electron chi connectivity index (χ2n) is 4.53. The van der Waals surface area contributed by atoms with Gasteiger partial charge in [-0.2, -0.15) is 0 Å². The largest absolute Gasteiger partial charge is 0.465 e. The Labute approximate surface area is 123 Å². The van der Waals surface area contributed by atoms with E-state index in [1.54, 1.807) is 0 Å². The lowest BCUT2D eigenvalue weighted by molar-refractivity contribution is 0.0606. The molecule has 0 spiro atoms. The molecule has 0 fully saturated rings. The van der Waals surface area contributed by atoms with Crippen molar-refractivity contribution in [1.82, 2.24) is 4.72 Å². The highest BCUT2D eigenvalue weighted by Crippen LogP contribution is 2.20. The molecule has 0 unspecified atom stereocenters. The average molecular weight is 320 g/mol. The number of rotatable bonds is 7. The van der Waals surface area contributed by atoms with Gasteiger partial charge in [0.1, 0.15) is 4.88 Å². The van der Waals surface area contributed by atoms with Crippen molar-refractivity contribution in [2.45, 2.75) is 37.1 Å². The lowest BCUT2D eigenvalue weighted by Gasteiger charge is -2.26. The Morgan fingerprint density at radius 3 is 2.55 bits per heavy atom. The number of carbonyl (C=O) groups is 1. The molecule has 0 saturated heterocycles. The van der Waals surface area contributed by atoms with Crippen LogP contribution in [0, 0.1) is 0 Å². The van der Waals surface area contributed by atoms with E-state index in [0.29, 0.717) is 12.8 Å². The van der Waals surface area contributed by atoms with E-state index in [1.807, 2.05) is 13.8 Å². The van der Waals surface area contributed by atoms with Crippen LogP contribution in [0.1, 0.15) is 36.4 Å². The fourth-order valence-electron chi connectivity index (χ4n) is 1.49. The Bertz CT molecular complexity index is 562. The molecule has 1 aromatic heterocycles. The Morgan fingerprint density at radius 2 is 2.05 bits per heavy atom. The molecule has 0 aliphatic carbocycles. The van der Waals surface area contributed by atoms with E-state index in [1.165, 1.54) is 18.6 Å². The van der Waals surface area contributed by atoms with Crippen LogP contribution in [0.5, 0.6) is 0 Å². The molecule has 6 nitrogen and oxygen atoms in total. The van der Waals surface area contributed by atoms with Crippen molar-refractivity contribution in [1.29, 1.82) is 0 Å². The van der Waals surface area contributed by atoms with Gasteiger partial charge in [-0.1, -0.05) is 13.8 Å². The summed E-state index contributed by atoms with van der Waals surface area (Å²) in [6.07, 6.45) is 1.34. The van der Waals surface area contributed by atoms with Crippen LogP contribution >= 0.6 is 11.3 Å². The van der Waals surface area contributed by atoms with E-state index in [0.717, 1.165) is 11.3 Å². The van der Waals surface area contributed by atoms with Gasteiger partial charge >= 0.3 is 5.97 Å². The molecule has 8 heteroatoms. The third-order valence-corrected chi connectivity index (χ3v) is 5.73. The zero-order valence-electron chi connectivity index (χ0n) is 11.8. The summed E-state index contributed by atoms with van der Waals surface area (Å²) in [6, 6.07) is 1.30. The summed E-state index contributed by atoms with van der Waals surface area (Å²) in [5, 5.41) is 1.41. The van der Waals surface area contributed by atoms with Crippen LogP contribution in [-0.2, 0) is 14.8 Å². The number of hydrogen-bond donors (Lipinski definition) is 2. The molecule has 1 heterocycles. The van der Waals surface area contributed by atoms with Crippen molar-refractivity contribution in [2.24, 2.45) is 5.73 Å². The van der Waals surface area contributed by atoms with Gasteiger partial charge in [0.25, 0.3) is 0 Å². The van der Waals surface area contributed by atoms with Crippen molar-refractivity contribution in [3.8, 4) is 0 Å². The Morgan fingerprint density at radius 1 is 1.45 bits per heavy atom.